The molecule has 3 nitrogen and oxygen atoms in total. The van der Waals surface area contributed by atoms with Crippen molar-refractivity contribution in [3.05, 3.63) is 34.9 Å². The van der Waals surface area contributed by atoms with Gasteiger partial charge in [-0.3, -0.25) is 9.69 Å². The van der Waals surface area contributed by atoms with Crippen LogP contribution < -0.4 is 0 Å². The normalized spacial score (nSPS) is 18.1. The number of hydrogen-bond donors (Lipinski definition) is 0. The smallest absolute Gasteiger partial charge is 0.253 e. The number of aryl methyl sites for hydroxylation is 2. The van der Waals surface area contributed by atoms with Crippen LogP contribution in [0.1, 0.15) is 41.8 Å². The lowest BCUT2D eigenvalue weighted by Crippen LogP contribution is -2.51. The molecule has 1 heterocycles. The number of carbonyl (C=O) groups is 1. The maximum Gasteiger partial charge on any atom is 0.253 e. The Balaban J connectivity index is 1.99. The fourth-order valence-electron chi connectivity index (χ4n) is 2.68. The molecule has 1 aliphatic rings. The van der Waals surface area contributed by atoms with Gasteiger partial charge in [-0.15, -0.1) is 0 Å². The monoisotopic (exact) mass is 274 g/mol. The lowest BCUT2D eigenvalue weighted by Gasteiger charge is -2.37. The van der Waals surface area contributed by atoms with Crippen LogP contribution in [0.2, 0.25) is 0 Å². The van der Waals surface area contributed by atoms with Gasteiger partial charge >= 0.3 is 0 Å². The number of rotatable bonds is 3. The first-order valence-electron chi connectivity index (χ1n) is 7.63. The first-order valence-corrected chi connectivity index (χ1v) is 7.63. The zero-order valence-electron chi connectivity index (χ0n) is 13.1. The molecule has 0 aromatic heterocycles. The summed E-state index contributed by atoms with van der Waals surface area (Å²) in [7, 11) is 0. The van der Waals surface area contributed by atoms with E-state index in [9.17, 15) is 4.79 Å². The highest BCUT2D eigenvalue weighted by atomic mass is 16.2. The molecule has 0 N–H and O–H groups in total. The Morgan fingerprint density at radius 2 is 1.80 bits per heavy atom. The maximum atomic E-state index is 12.5. The first-order chi connectivity index (χ1) is 9.52. The van der Waals surface area contributed by atoms with Crippen LogP contribution in [0.4, 0.5) is 0 Å². The highest BCUT2D eigenvalue weighted by Crippen LogP contribution is 2.15. The van der Waals surface area contributed by atoms with Crippen molar-refractivity contribution in [3.63, 3.8) is 0 Å². The molecule has 1 fully saturated rings. The Hall–Kier alpha value is -1.35. The molecule has 0 saturated carbocycles. The summed E-state index contributed by atoms with van der Waals surface area (Å²) in [5.41, 5.74) is 3.25. The third kappa shape index (κ3) is 3.21. The predicted octanol–water partition coefficient (Wildman–Crippen LogP) is 2.86. The van der Waals surface area contributed by atoms with E-state index in [1.54, 1.807) is 0 Å². The van der Waals surface area contributed by atoms with Crippen LogP contribution in [0, 0.1) is 13.8 Å². The second kappa shape index (κ2) is 6.40. The molecular formula is C17H26N2O. The van der Waals surface area contributed by atoms with Crippen molar-refractivity contribution in [2.75, 3.05) is 26.2 Å². The third-order valence-electron chi connectivity index (χ3n) is 4.57. The molecule has 0 aliphatic carbocycles. The molecular weight excluding hydrogens is 248 g/mol. The van der Waals surface area contributed by atoms with E-state index in [1.165, 1.54) is 17.5 Å². The summed E-state index contributed by atoms with van der Waals surface area (Å²) in [5, 5.41) is 0. The van der Waals surface area contributed by atoms with Gasteiger partial charge in [-0.05, 0) is 50.5 Å². The van der Waals surface area contributed by atoms with Crippen LogP contribution in [0.25, 0.3) is 0 Å². The molecule has 1 unspecified atom stereocenters. The SMILES string of the molecule is CCC(C)N1CCN(C(=O)c2ccc(C)c(C)c2)CC1. The molecule has 110 valence electrons. The van der Waals surface area contributed by atoms with Crippen LogP contribution in [-0.2, 0) is 0 Å². The molecule has 2 rings (SSSR count). The minimum atomic E-state index is 0.178. The van der Waals surface area contributed by atoms with E-state index in [0.29, 0.717) is 6.04 Å². The number of nitrogens with zero attached hydrogens (tertiary/aromatic N) is 2. The number of piperazine rings is 1. The Kier molecular flexibility index (Phi) is 4.81. The molecule has 0 spiro atoms. The van der Waals surface area contributed by atoms with E-state index in [-0.39, 0.29) is 5.91 Å². The maximum absolute atomic E-state index is 12.5. The third-order valence-corrected chi connectivity index (χ3v) is 4.57. The molecule has 20 heavy (non-hydrogen) atoms. The molecule has 1 aromatic rings. The van der Waals surface area contributed by atoms with Gasteiger partial charge in [0.25, 0.3) is 5.91 Å². The molecule has 1 amide bonds. The lowest BCUT2D eigenvalue weighted by molar-refractivity contribution is 0.0579. The zero-order chi connectivity index (χ0) is 14.7. The topological polar surface area (TPSA) is 23.6 Å². The number of benzene rings is 1. The van der Waals surface area contributed by atoms with Gasteiger partial charge in [0.1, 0.15) is 0 Å². The van der Waals surface area contributed by atoms with Gasteiger partial charge in [-0.2, -0.15) is 0 Å². The Bertz CT molecular complexity index is 476. The fourth-order valence-corrected chi connectivity index (χ4v) is 2.68. The van der Waals surface area contributed by atoms with Crippen LogP contribution >= 0.6 is 0 Å². The van der Waals surface area contributed by atoms with Crippen molar-refractivity contribution in [2.45, 2.75) is 40.2 Å². The van der Waals surface area contributed by atoms with Crippen LogP contribution in [-0.4, -0.2) is 47.9 Å². The molecule has 1 aliphatic heterocycles. The standard InChI is InChI=1S/C17H26N2O/c1-5-15(4)18-8-10-19(11-9-18)17(20)16-7-6-13(2)14(3)12-16/h6-7,12,15H,5,8-11H2,1-4H3. The van der Waals surface area contributed by atoms with Crippen LogP contribution in [0.15, 0.2) is 18.2 Å². The van der Waals surface area contributed by atoms with Gasteiger partial charge in [0.05, 0.1) is 0 Å². The molecule has 1 aromatic carbocycles. The quantitative estimate of drug-likeness (QED) is 0.846. The summed E-state index contributed by atoms with van der Waals surface area (Å²) in [5.74, 6) is 0.178. The van der Waals surface area contributed by atoms with E-state index < -0.39 is 0 Å². The minimum Gasteiger partial charge on any atom is -0.336 e. The van der Waals surface area contributed by atoms with Crippen LogP contribution in [0.5, 0.6) is 0 Å². The van der Waals surface area contributed by atoms with Gasteiger partial charge < -0.3 is 4.90 Å². The lowest BCUT2D eigenvalue weighted by atomic mass is 10.1. The zero-order valence-corrected chi connectivity index (χ0v) is 13.1. The highest BCUT2D eigenvalue weighted by Gasteiger charge is 2.24. The summed E-state index contributed by atoms with van der Waals surface area (Å²) in [4.78, 5) is 17.0. The first kappa shape index (κ1) is 15.0. The molecule has 3 heteroatoms. The second-order valence-corrected chi connectivity index (χ2v) is 5.88. The Labute approximate surface area is 122 Å². The average molecular weight is 274 g/mol. The average Bonchev–Trinajstić information content (AvgIpc) is 2.48. The summed E-state index contributed by atoms with van der Waals surface area (Å²) < 4.78 is 0. The van der Waals surface area contributed by atoms with Crippen molar-refractivity contribution in [2.24, 2.45) is 0 Å². The van der Waals surface area contributed by atoms with Gasteiger partial charge in [-0.25, -0.2) is 0 Å². The fraction of sp³-hybridized carbons (Fsp3) is 0.588. The van der Waals surface area contributed by atoms with Gasteiger partial charge in [0.15, 0.2) is 0 Å². The van der Waals surface area contributed by atoms with E-state index in [0.717, 1.165) is 31.7 Å². The minimum absolute atomic E-state index is 0.178. The molecule has 1 saturated heterocycles. The van der Waals surface area contributed by atoms with E-state index in [2.05, 4.69) is 32.6 Å². The number of carbonyl (C=O) groups excluding carboxylic acids is 1. The Morgan fingerprint density at radius 1 is 1.15 bits per heavy atom. The predicted molar refractivity (Wildman–Crippen MR) is 83.1 cm³/mol. The molecule has 1 atom stereocenters. The van der Waals surface area contributed by atoms with Crippen molar-refractivity contribution >= 4 is 5.91 Å². The van der Waals surface area contributed by atoms with E-state index >= 15 is 0 Å². The van der Waals surface area contributed by atoms with Gasteiger partial charge in [0.2, 0.25) is 0 Å². The van der Waals surface area contributed by atoms with Crippen molar-refractivity contribution < 1.29 is 4.79 Å². The number of amides is 1. The van der Waals surface area contributed by atoms with Crippen molar-refractivity contribution in [1.82, 2.24) is 9.80 Å². The van der Waals surface area contributed by atoms with Crippen LogP contribution in [0.3, 0.4) is 0 Å². The summed E-state index contributed by atoms with van der Waals surface area (Å²) in [6.45, 7) is 12.3. The van der Waals surface area contributed by atoms with Crippen molar-refractivity contribution in [3.8, 4) is 0 Å². The van der Waals surface area contributed by atoms with E-state index in [1.807, 2.05) is 23.1 Å². The second-order valence-electron chi connectivity index (χ2n) is 5.88. The summed E-state index contributed by atoms with van der Waals surface area (Å²) in [6, 6.07) is 6.62. The van der Waals surface area contributed by atoms with Crippen molar-refractivity contribution in [1.29, 1.82) is 0 Å². The molecule has 0 bridgehead atoms. The summed E-state index contributed by atoms with van der Waals surface area (Å²) in [6.07, 6.45) is 1.17. The van der Waals surface area contributed by atoms with E-state index in [4.69, 9.17) is 0 Å². The van der Waals surface area contributed by atoms with Gasteiger partial charge in [-0.1, -0.05) is 13.0 Å². The summed E-state index contributed by atoms with van der Waals surface area (Å²) >= 11 is 0. The largest absolute Gasteiger partial charge is 0.336 e. The molecule has 0 radical (unpaired) electrons. The highest BCUT2D eigenvalue weighted by molar-refractivity contribution is 5.94. The number of hydrogen-bond acceptors (Lipinski definition) is 2. The van der Waals surface area contributed by atoms with Gasteiger partial charge in [0, 0.05) is 37.8 Å². The Morgan fingerprint density at radius 3 is 2.35 bits per heavy atom.